The first kappa shape index (κ1) is 14.4. The lowest BCUT2D eigenvalue weighted by Gasteiger charge is -2.22. The van der Waals surface area contributed by atoms with Crippen LogP contribution in [0.5, 0.6) is 0 Å². The van der Waals surface area contributed by atoms with Crippen LogP contribution in [0.4, 0.5) is 4.79 Å². The third-order valence-electron chi connectivity index (χ3n) is 2.84. The molecule has 0 aromatic carbocycles. The molecule has 0 spiro atoms. The van der Waals surface area contributed by atoms with Crippen molar-refractivity contribution in [3.8, 4) is 0 Å². The minimum Gasteiger partial charge on any atom is -0.395 e. The SMILES string of the molecule is CCN(CCO)C(=O)CN1C(=O)NC(C)(C)C1=O. The molecule has 1 saturated heterocycles. The van der Waals surface area contributed by atoms with E-state index in [1.165, 1.54) is 4.90 Å². The number of carbonyl (C=O) groups is 3. The second-order valence-corrected chi connectivity index (χ2v) is 4.64. The zero-order valence-electron chi connectivity index (χ0n) is 10.9. The maximum Gasteiger partial charge on any atom is 0.325 e. The molecule has 0 aromatic rings. The molecule has 1 aliphatic rings. The number of nitrogens with one attached hydrogen (secondary N) is 1. The Morgan fingerprint density at radius 1 is 1.44 bits per heavy atom. The molecule has 1 rings (SSSR count). The lowest BCUT2D eigenvalue weighted by atomic mass is 10.1. The predicted octanol–water partition coefficient (Wildman–Crippen LogP) is -0.842. The number of imide groups is 1. The average Bonchev–Trinajstić information content (AvgIpc) is 2.48. The molecular formula is C11H19N3O4. The summed E-state index contributed by atoms with van der Waals surface area (Å²) < 4.78 is 0. The van der Waals surface area contributed by atoms with Crippen LogP contribution in [0, 0.1) is 0 Å². The Bertz CT molecular complexity index is 367. The number of carbonyl (C=O) groups excluding carboxylic acids is 3. The number of amides is 4. The third kappa shape index (κ3) is 2.79. The van der Waals surface area contributed by atoms with Gasteiger partial charge in [0.05, 0.1) is 6.61 Å². The largest absolute Gasteiger partial charge is 0.395 e. The van der Waals surface area contributed by atoms with Gasteiger partial charge < -0.3 is 15.3 Å². The Morgan fingerprint density at radius 2 is 2.06 bits per heavy atom. The van der Waals surface area contributed by atoms with Crippen molar-refractivity contribution < 1.29 is 19.5 Å². The summed E-state index contributed by atoms with van der Waals surface area (Å²) in [5.74, 6) is -0.770. The smallest absolute Gasteiger partial charge is 0.325 e. The first-order valence-corrected chi connectivity index (χ1v) is 5.86. The van der Waals surface area contributed by atoms with Crippen LogP contribution in [0.2, 0.25) is 0 Å². The van der Waals surface area contributed by atoms with Crippen LogP contribution in [0.3, 0.4) is 0 Å². The molecule has 18 heavy (non-hydrogen) atoms. The highest BCUT2D eigenvalue weighted by Gasteiger charge is 2.45. The van der Waals surface area contributed by atoms with Gasteiger partial charge in [0.2, 0.25) is 5.91 Å². The van der Waals surface area contributed by atoms with Crippen LogP contribution in [0.1, 0.15) is 20.8 Å². The maximum atomic E-state index is 11.9. The molecule has 0 aliphatic carbocycles. The maximum absolute atomic E-state index is 11.9. The van der Waals surface area contributed by atoms with E-state index in [9.17, 15) is 14.4 Å². The fraction of sp³-hybridized carbons (Fsp3) is 0.727. The van der Waals surface area contributed by atoms with E-state index in [1.807, 2.05) is 0 Å². The fourth-order valence-electron chi connectivity index (χ4n) is 1.78. The van der Waals surface area contributed by atoms with Gasteiger partial charge in [-0.1, -0.05) is 0 Å². The first-order valence-electron chi connectivity index (χ1n) is 5.86. The van der Waals surface area contributed by atoms with Crippen molar-refractivity contribution in [3.05, 3.63) is 0 Å². The monoisotopic (exact) mass is 257 g/mol. The van der Waals surface area contributed by atoms with Crippen molar-refractivity contribution in [2.45, 2.75) is 26.3 Å². The van der Waals surface area contributed by atoms with Gasteiger partial charge in [-0.2, -0.15) is 0 Å². The van der Waals surface area contributed by atoms with Crippen LogP contribution >= 0.6 is 0 Å². The zero-order chi connectivity index (χ0) is 13.9. The Hall–Kier alpha value is -1.63. The number of nitrogens with zero attached hydrogens (tertiary/aromatic N) is 2. The van der Waals surface area contributed by atoms with Gasteiger partial charge in [-0.05, 0) is 20.8 Å². The molecule has 102 valence electrons. The number of likely N-dealkylation sites (N-methyl/N-ethyl adjacent to an activating group) is 1. The Labute approximate surface area is 106 Å². The van der Waals surface area contributed by atoms with E-state index in [4.69, 9.17) is 5.11 Å². The fourth-order valence-corrected chi connectivity index (χ4v) is 1.78. The highest BCUT2D eigenvalue weighted by molar-refractivity contribution is 6.08. The lowest BCUT2D eigenvalue weighted by molar-refractivity contribution is -0.138. The Balaban J connectivity index is 2.70. The number of urea groups is 1. The van der Waals surface area contributed by atoms with E-state index in [0.29, 0.717) is 6.54 Å². The quantitative estimate of drug-likeness (QED) is 0.628. The Kier molecular flexibility index (Phi) is 4.28. The van der Waals surface area contributed by atoms with Gasteiger partial charge in [0.25, 0.3) is 5.91 Å². The molecule has 7 heteroatoms. The highest BCUT2D eigenvalue weighted by Crippen LogP contribution is 2.16. The summed E-state index contributed by atoms with van der Waals surface area (Å²) in [6.45, 7) is 5.12. The molecule has 1 fully saturated rings. The van der Waals surface area contributed by atoms with Gasteiger partial charge in [-0.25, -0.2) is 4.79 Å². The summed E-state index contributed by atoms with van der Waals surface area (Å²) in [6, 6.07) is -0.557. The van der Waals surface area contributed by atoms with Crippen LogP contribution in [0.15, 0.2) is 0 Å². The van der Waals surface area contributed by atoms with Crippen molar-refractivity contribution in [2.75, 3.05) is 26.2 Å². The topological polar surface area (TPSA) is 89.9 Å². The second kappa shape index (κ2) is 5.34. The minimum atomic E-state index is -0.967. The summed E-state index contributed by atoms with van der Waals surface area (Å²) in [4.78, 5) is 37.6. The molecule has 0 bridgehead atoms. The number of aliphatic hydroxyl groups is 1. The summed E-state index contributed by atoms with van der Waals surface area (Å²) >= 11 is 0. The van der Waals surface area contributed by atoms with Crippen LogP contribution < -0.4 is 5.32 Å². The average molecular weight is 257 g/mol. The van der Waals surface area contributed by atoms with Crippen molar-refractivity contribution in [1.82, 2.24) is 15.1 Å². The van der Waals surface area contributed by atoms with E-state index in [1.54, 1.807) is 20.8 Å². The van der Waals surface area contributed by atoms with E-state index < -0.39 is 17.5 Å². The number of hydrogen-bond acceptors (Lipinski definition) is 4. The van der Waals surface area contributed by atoms with Gasteiger partial charge in [-0.15, -0.1) is 0 Å². The zero-order valence-corrected chi connectivity index (χ0v) is 10.9. The highest BCUT2D eigenvalue weighted by atomic mass is 16.3. The van der Waals surface area contributed by atoms with Crippen LogP contribution in [-0.2, 0) is 9.59 Å². The van der Waals surface area contributed by atoms with Gasteiger partial charge in [0.15, 0.2) is 0 Å². The molecule has 0 aromatic heterocycles. The van der Waals surface area contributed by atoms with Crippen LogP contribution in [0.25, 0.3) is 0 Å². The van der Waals surface area contributed by atoms with E-state index in [0.717, 1.165) is 4.90 Å². The van der Waals surface area contributed by atoms with E-state index >= 15 is 0 Å². The molecule has 0 radical (unpaired) electrons. The van der Waals surface area contributed by atoms with E-state index in [-0.39, 0.29) is 25.6 Å². The molecular weight excluding hydrogens is 238 g/mol. The normalized spacial score (nSPS) is 17.9. The second-order valence-electron chi connectivity index (χ2n) is 4.64. The predicted molar refractivity (Wildman–Crippen MR) is 63.7 cm³/mol. The first-order chi connectivity index (χ1) is 8.33. The number of hydrogen-bond donors (Lipinski definition) is 2. The number of rotatable bonds is 5. The molecule has 0 atom stereocenters. The van der Waals surface area contributed by atoms with Gasteiger partial charge in [-0.3, -0.25) is 14.5 Å². The van der Waals surface area contributed by atoms with Crippen molar-refractivity contribution in [1.29, 1.82) is 0 Å². The van der Waals surface area contributed by atoms with Crippen molar-refractivity contribution >= 4 is 17.8 Å². The van der Waals surface area contributed by atoms with Gasteiger partial charge in [0, 0.05) is 13.1 Å². The molecule has 1 heterocycles. The van der Waals surface area contributed by atoms with E-state index in [2.05, 4.69) is 5.32 Å². The van der Waals surface area contributed by atoms with Gasteiger partial charge >= 0.3 is 6.03 Å². The summed E-state index contributed by atoms with van der Waals surface area (Å²) in [5, 5.41) is 11.3. The molecule has 0 saturated carbocycles. The molecule has 2 N–H and O–H groups in total. The summed E-state index contributed by atoms with van der Waals surface area (Å²) in [6.07, 6.45) is 0. The summed E-state index contributed by atoms with van der Waals surface area (Å²) in [7, 11) is 0. The van der Waals surface area contributed by atoms with Crippen molar-refractivity contribution in [2.24, 2.45) is 0 Å². The van der Waals surface area contributed by atoms with Crippen molar-refractivity contribution in [3.63, 3.8) is 0 Å². The molecule has 7 nitrogen and oxygen atoms in total. The molecule has 1 aliphatic heterocycles. The minimum absolute atomic E-state index is 0.148. The molecule has 0 unspecified atom stereocenters. The lowest BCUT2D eigenvalue weighted by Crippen LogP contribution is -2.45. The van der Waals surface area contributed by atoms with Gasteiger partial charge in [0.1, 0.15) is 12.1 Å². The Morgan fingerprint density at radius 3 is 2.44 bits per heavy atom. The van der Waals surface area contributed by atoms with Crippen LogP contribution in [-0.4, -0.2) is 64.5 Å². The standard InChI is InChI=1S/C11H19N3O4/c1-4-13(5-6-15)8(16)7-14-9(17)11(2,3)12-10(14)18/h15H,4-7H2,1-3H3,(H,12,18). The summed E-state index contributed by atoms with van der Waals surface area (Å²) in [5.41, 5.74) is -0.967. The molecule has 4 amide bonds. The third-order valence-corrected chi connectivity index (χ3v) is 2.84. The number of aliphatic hydroxyl groups excluding tert-OH is 1.